The Labute approximate surface area is 119 Å². The maximum atomic E-state index is 11.6. The van der Waals surface area contributed by atoms with Gasteiger partial charge < -0.3 is 10.6 Å². The van der Waals surface area contributed by atoms with E-state index in [2.05, 4.69) is 4.72 Å². The first-order chi connectivity index (χ1) is 9.07. The molecular formula is C11H19N3O4S2. The van der Waals surface area contributed by atoms with Crippen LogP contribution in [0.1, 0.15) is 0 Å². The van der Waals surface area contributed by atoms with Crippen molar-refractivity contribution in [3.8, 4) is 0 Å². The number of nitrogen functional groups attached to an aromatic ring is 1. The Morgan fingerprint density at radius 3 is 2.30 bits per heavy atom. The van der Waals surface area contributed by atoms with Gasteiger partial charge in [-0.15, -0.1) is 0 Å². The van der Waals surface area contributed by atoms with E-state index in [1.807, 2.05) is 0 Å². The molecule has 0 atom stereocenters. The highest BCUT2D eigenvalue weighted by atomic mass is 32.2. The summed E-state index contributed by atoms with van der Waals surface area (Å²) in [6, 6.07) is 4.33. The van der Waals surface area contributed by atoms with E-state index >= 15 is 0 Å². The van der Waals surface area contributed by atoms with Crippen LogP contribution < -0.4 is 15.4 Å². The molecule has 0 aliphatic carbocycles. The maximum absolute atomic E-state index is 11.6. The largest absolute Gasteiger partial charge is 0.397 e. The summed E-state index contributed by atoms with van der Waals surface area (Å²) in [7, 11) is -3.59. The Morgan fingerprint density at radius 2 is 1.85 bits per heavy atom. The van der Waals surface area contributed by atoms with Crippen LogP contribution in [0, 0.1) is 0 Å². The summed E-state index contributed by atoms with van der Waals surface area (Å²) in [5.74, 6) is -0.000490. The van der Waals surface area contributed by atoms with Gasteiger partial charge in [0.05, 0.1) is 22.0 Å². The molecule has 20 heavy (non-hydrogen) atoms. The van der Waals surface area contributed by atoms with Crippen molar-refractivity contribution in [1.82, 2.24) is 4.72 Å². The van der Waals surface area contributed by atoms with Crippen molar-refractivity contribution in [2.75, 3.05) is 43.3 Å². The van der Waals surface area contributed by atoms with E-state index in [-0.39, 0.29) is 22.9 Å². The molecule has 3 N–H and O–H groups in total. The summed E-state index contributed by atoms with van der Waals surface area (Å²) >= 11 is 0. The third-order valence-corrected chi connectivity index (χ3v) is 5.12. The molecule has 1 aromatic rings. The summed E-state index contributed by atoms with van der Waals surface area (Å²) in [6.45, 7) is 0.279. The molecule has 1 rings (SSSR count). The fourth-order valence-electron chi connectivity index (χ4n) is 1.59. The van der Waals surface area contributed by atoms with Crippen molar-refractivity contribution in [2.24, 2.45) is 0 Å². The van der Waals surface area contributed by atoms with Crippen molar-refractivity contribution < 1.29 is 16.8 Å². The number of benzene rings is 1. The molecule has 0 spiro atoms. The zero-order valence-electron chi connectivity index (χ0n) is 11.6. The lowest BCUT2D eigenvalue weighted by Gasteiger charge is -2.21. The van der Waals surface area contributed by atoms with Gasteiger partial charge in [0, 0.05) is 19.8 Å². The van der Waals surface area contributed by atoms with E-state index in [1.54, 1.807) is 18.0 Å². The predicted octanol–water partition coefficient (Wildman–Crippen LogP) is -0.342. The van der Waals surface area contributed by atoms with Crippen molar-refractivity contribution in [2.45, 2.75) is 4.90 Å². The van der Waals surface area contributed by atoms with Crippen LogP contribution in [0.25, 0.3) is 0 Å². The molecular weight excluding hydrogens is 302 g/mol. The van der Waals surface area contributed by atoms with Gasteiger partial charge in [-0.05, 0) is 25.2 Å². The molecule has 0 aliphatic heterocycles. The minimum absolute atomic E-state index is 0.000490. The highest BCUT2D eigenvalue weighted by Crippen LogP contribution is 2.25. The van der Waals surface area contributed by atoms with E-state index < -0.39 is 19.9 Å². The fourth-order valence-corrected chi connectivity index (χ4v) is 2.96. The molecule has 0 fully saturated rings. The van der Waals surface area contributed by atoms with Crippen LogP contribution in [-0.2, 0) is 19.9 Å². The zero-order chi connectivity index (χ0) is 15.6. The zero-order valence-corrected chi connectivity index (χ0v) is 13.3. The molecule has 0 heterocycles. The monoisotopic (exact) mass is 321 g/mol. The average Bonchev–Trinajstić information content (AvgIpc) is 2.35. The second kappa shape index (κ2) is 5.98. The molecule has 0 saturated carbocycles. The van der Waals surface area contributed by atoms with Crippen LogP contribution in [0.2, 0.25) is 0 Å². The van der Waals surface area contributed by atoms with Gasteiger partial charge in [0.25, 0.3) is 0 Å². The molecule has 9 heteroatoms. The summed E-state index contributed by atoms with van der Waals surface area (Å²) in [5, 5.41) is 0. The third kappa shape index (κ3) is 4.36. The van der Waals surface area contributed by atoms with E-state index in [9.17, 15) is 16.8 Å². The molecule has 0 bridgehead atoms. The summed E-state index contributed by atoms with van der Waals surface area (Å²) < 4.78 is 47.7. The first-order valence-electron chi connectivity index (χ1n) is 5.79. The topological polar surface area (TPSA) is 110 Å². The normalized spacial score (nSPS) is 12.3. The molecule has 0 radical (unpaired) electrons. The van der Waals surface area contributed by atoms with Crippen LogP contribution >= 0.6 is 0 Å². The van der Waals surface area contributed by atoms with Gasteiger partial charge >= 0.3 is 0 Å². The second-order valence-electron chi connectivity index (χ2n) is 4.48. The molecule has 7 nitrogen and oxygen atoms in total. The standard InChI is InChI=1S/C11H19N3O4S2/c1-13-20(17,18)9-4-5-11(10(12)8-9)14(2)6-7-19(3,15)16/h4-5,8,13H,6-7,12H2,1-3H3. The third-order valence-electron chi connectivity index (χ3n) is 2.79. The SMILES string of the molecule is CNS(=O)(=O)c1ccc(N(C)CCS(C)(=O)=O)c(N)c1. The Balaban J connectivity index is 2.99. The van der Waals surface area contributed by atoms with E-state index in [0.717, 1.165) is 6.26 Å². The smallest absolute Gasteiger partial charge is 0.240 e. The quantitative estimate of drug-likeness (QED) is 0.694. The lowest BCUT2D eigenvalue weighted by molar-refractivity contribution is 0.588. The van der Waals surface area contributed by atoms with Gasteiger partial charge in [-0.1, -0.05) is 0 Å². The molecule has 0 unspecified atom stereocenters. The Kier molecular flexibility index (Phi) is 5.00. The van der Waals surface area contributed by atoms with Crippen molar-refractivity contribution in [3.05, 3.63) is 18.2 Å². The number of sulfone groups is 1. The number of hydrogen-bond donors (Lipinski definition) is 2. The number of nitrogens with zero attached hydrogens (tertiary/aromatic N) is 1. The molecule has 0 aromatic heterocycles. The Morgan fingerprint density at radius 1 is 1.25 bits per heavy atom. The average molecular weight is 321 g/mol. The summed E-state index contributed by atoms with van der Waals surface area (Å²) in [5.41, 5.74) is 6.69. The molecule has 0 saturated heterocycles. The van der Waals surface area contributed by atoms with Gasteiger partial charge in [-0.25, -0.2) is 21.6 Å². The summed E-state index contributed by atoms with van der Waals surface area (Å²) in [4.78, 5) is 1.74. The van der Waals surface area contributed by atoms with E-state index in [1.165, 1.54) is 19.2 Å². The lowest BCUT2D eigenvalue weighted by atomic mass is 10.2. The van der Waals surface area contributed by atoms with Gasteiger partial charge in [-0.2, -0.15) is 0 Å². The van der Waals surface area contributed by atoms with Crippen molar-refractivity contribution in [1.29, 1.82) is 0 Å². The molecule has 0 aliphatic rings. The highest BCUT2D eigenvalue weighted by Gasteiger charge is 2.15. The number of nitrogens with one attached hydrogen (secondary N) is 1. The minimum atomic E-state index is -3.54. The first-order valence-corrected chi connectivity index (χ1v) is 9.33. The van der Waals surface area contributed by atoms with E-state index in [4.69, 9.17) is 5.73 Å². The Hall–Kier alpha value is -1.32. The van der Waals surface area contributed by atoms with Gasteiger partial charge in [-0.3, -0.25) is 0 Å². The van der Waals surface area contributed by atoms with Crippen LogP contribution in [-0.4, -0.2) is 49.5 Å². The summed E-state index contributed by atoms with van der Waals surface area (Å²) in [6.07, 6.45) is 1.16. The van der Waals surface area contributed by atoms with Crippen molar-refractivity contribution in [3.63, 3.8) is 0 Å². The molecule has 114 valence electrons. The minimum Gasteiger partial charge on any atom is -0.397 e. The second-order valence-corrected chi connectivity index (χ2v) is 8.63. The first kappa shape index (κ1) is 16.7. The number of anilines is 2. The van der Waals surface area contributed by atoms with Crippen molar-refractivity contribution >= 4 is 31.2 Å². The highest BCUT2D eigenvalue weighted by molar-refractivity contribution is 7.90. The molecule has 0 amide bonds. The van der Waals surface area contributed by atoms with Crippen LogP contribution in [0.5, 0.6) is 0 Å². The number of hydrogen-bond acceptors (Lipinski definition) is 6. The van der Waals surface area contributed by atoms with E-state index in [0.29, 0.717) is 5.69 Å². The number of sulfonamides is 1. The number of nitrogens with two attached hydrogens (primary N) is 1. The van der Waals surface area contributed by atoms with Gasteiger partial charge in [0.1, 0.15) is 9.84 Å². The predicted molar refractivity (Wildman–Crippen MR) is 80.1 cm³/mol. The van der Waals surface area contributed by atoms with Gasteiger partial charge in [0.15, 0.2) is 0 Å². The maximum Gasteiger partial charge on any atom is 0.240 e. The van der Waals surface area contributed by atoms with Crippen LogP contribution in [0.3, 0.4) is 0 Å². The van der Waals surface area contributed by atoms with Gasteiger partial charge in [0.2, 0.25) is 10.0 Å². The van der Waals surface area contributed by atoms with Crippen LogP contribution in [0.15, 0.2) is 23.1 Å². The fraction of sp³-hybridized carbons (Fsp3) is 0.455. The number of rotatable bonds is 6. The Bertz CT molecular complexity index is 684. The lowest BCUT2D eigenvalue weighted by Crippen LogP contribution is -2.26. The van der Waals surface area contributed by atoms with Crippen LogP contribution in [0.4, 0.5) is 11.4 Å². The molecule has 1 aromatic carbocycles.